The molecule has 4 rings (SSSR count). The number of halogens is 3. The average Bonchev–Trinajstić information content (AvgIpc) is 3.15. The number of imidazole rings is 2. The molecule has 0 atom stereocenters. The molecule has 0 saturated heterocycles. The molecule has 1 aromatic carbocycles. The maximum Gasteiger partial charge on any atom is 0.417 e. The Morgan fingerprint density at radius 1 is 1.17 bits per heavy atom. The second-order valence-corrected chi connectivity index (χ2v) is 7.91. The summed E-state index contributed by atoms with van der Waals surface area (Å²) in [4.78, 5) is 21.5. The Morgan fingerprint density at radius 3 is 2.53 bits per heavy atom. The summed E-state index contributed by atoms with van der Waals surface area (Å²) in [5, 5.41) is 9.40. The van der Waals surface area contributed by atoms with Gasteiger partial charge in [-0.3, -0.25) is 4.57 Å². The molecule has 0 amide bonds. The second kappa shape index (κ2) is 6.91. The quantitative estimate of drug-likeness (QED) is 0.461. The predicted molar refractivity (Wildman–Crippen MR) is 107 cm³/mol. The number of pyridine rings is 1. The largest absolute Gasteiger partial charge is 0.417 e. The molecule has 0 saturated carbocycles. The molecule has 0 unspecified atom stereocenters. The molecule has 0 bridgehead atoms. The number of nitrogens with zero attached hydrogens (tertiary/aromatic N) is 6. The van der Waals surface area contributed by atoms with Gasteiger partial charge in [0.05, 0.1) is 16.6 Å². The zero-order valence-electron chi connectivity index (χ0n) is 16.2. The van der Waals surface area contributed by atoms with Crippen molar-refractivity contribution in [1.29, 1.82) is 5.26 Å². The van der Waals surface area contributed by atoms with Gasteiger partial charge in [-0.05, 0) is 24.0 Å². The number of alkyl halides is 3. The van der Waals surface area contributed by atoms with Gasteiger partial charge in [-0.15, -0.1) is 11.8 Å². The van der Waals surface area contributed by atoms with Crippen molar-refractivity contribution in [2.45, 2.75) is 18.0 Å². The summed E-state index contributed by atoms with van der Waals surface area (Å²) in [5.41, 5.74) is 0.655. The fourth-order valence-corrected chi connectivity index (χ4v) is 4.19. The second-order valence-electron chi connectivity index (χ2n) is 6.61. The fraction of sp³-hybridized carbons (Fsp3) is 0.263. The van der Waals surface area contributed by atoms with E-state index < -0.39 is 17.4 Å². The molecular formula is C19H15F3N6OS. The van der Waals surface area contributed by atoms with Crippen molar-refractivity contribution in [3.05, 3.63) is 40.4 Å². The Labute approximate surface area is 172 Å². The van der Waals surface area contributed by atoms with Crippen molar-refractivity contribution in [1.82, 2.24) is 23.7 Å². The number of hydrogen-bond acceptors (Lipinski definition) is 5. The van der Waals surface area contributed by atoms with Gasteiger partial charge in [-0.1, -0.05) is 6.92 Å². The number of hydrogen-bond donors (Lipinski definition) is 0. The molecule has 0 aliphatic carbocycles. The van der Waals surface area contributed by atoms with E-state index in [-0.39, 0.29) is 5.52 Å². The standard InChI is InChI=1S/C19H15F3N6OS/c1-4-30-15-7-13-14(28(9-23)18(29)26(13)2)6-11(15)16-25-12-5-10(19(20,21)22)8-24-17(12)27(16)3/h5-8H,4H2,1-3H3. The van der Waals surface area contributed by atoms with E-state index in [0.717, 1.165) is 27.5 Å². The van der Waals surface area contributed by atoms with E-state index >= 15 is 0 Å². The third-order valence-electron chi connectivity index (χ3n) is 4.83. The van der Waals surface area contributed by atoms with E-state index in [1.165, 1.54) is 16.3 Å². The van der Waals surface area contributed by atoms with Crippen LogP contribution in [0.3, 0.4) is 0 Å². The van der Waals surface area contributed by atoms with Gasteiger partial charge in [-0.25, -0.2) is 14.8 Å². The maximum absolute atomic E-state index is 13.1. The van der Waals surface area contributed by atoms with Crippen LogP contribution >= 0.6 is 11.8 Å². The van der Waals surface area contributed by atoms with E-state index in [2.05, 4.69) is 9.97 Å². The summed E-state index contributed by atoms with van der Waals surface area (Å²) < 4.78 is 43.2. The van der Waals surface area contributed by atoms with Gasteiger partial charge >= 0.3 is 11.9 Å². The van der Waals surface area contributed by atoms with Crippen LogP contribution in [0.15, 0.2) is 34.1 Å². The first-order chi connectivity index (χ1) is 14.2. The Hall–Kier alpha value is -3.26. The van der Waals surface area contributed by atoms with E-state index in [1.807, 2.05) is 13.1 Å². The Balaban J connectivity index is 2.03. The molecule has 0 spiro atoms. The molecule has 3 aromatic heterocycles. The van der Waals surface area contributed by atoms with Crippen LogP contribution in [-0.2, 0) is 20.3 Å². The number of aryl methyl sites for hydroxylation is 2. The predicted octanol–water partition coefficient (Wildman–Crippen LogP) is 3.75. The zero-order valence-corrected chi connectivity index (χ0v) is 17.0. The summed E-state index contributed by atoms with van der Waals surface area (Å²) in [6.07, 6.45) is -1.87. The van der Waals surface area contributed by atoms with Gasteiger partial charge in [0, 0.05) is 30.8 Å². The average molecular weight is 432 g/mol. The lowest BCUT2D eigenvalue weighted by Gasteiger charge is -2.10. The van der Waals surface area contributed by atoms with Crippen LogP contribution in [0.2, 0.25) is 0 Å². The lowest BCUT2D eigenvalue weighted by molar-refractivity contribution is -0.137. The highest BCUT2D eigenvalue weighted by atomic mass is 32.2. The number of fused-ring (bicyclic) bond motifs is 2. The number of benzene rings is 1. The highest BCUT2D eigenvalue weighted by Crippen LogP contribution is 2.36. The first-order valence-corrected chi connectivity index (χ1v) is 9.84. The minimum atomic E-state index is -4.52. The molecule has 7 nitrogen and oxygen atoms in total. The molecule has 11 heteroatoms. The van der Waals surface area contributed by atoms with Crippen LogP contribution in [0.4, 0.5) is 13.2 Å². The first-order valence-electron chi connectivity index (χ1n) is 8.85. The zero-order chi connectivity index (χ0) is 21.8. The first kappa shape index (κ1) is 20.0. The van der Waals surface area contributed by atoms with Crippen molar-refractivity contribution < 1.29 is 13.2 Å². The molecule has 30 heavy (non-hydrogen) atoms. The van der Waals surface area contributed by atoms with Gasteiger partial charge in [0.2, 0.25) is 0 Å². The fourth-order valence-electron chi connectivity index (χ4n) is 3.38. The van der Waals surface area contributed by atoms with E-state index in [0.29, 0.717) is 28.1 Å². The van der Waals surface area contributed by atoms with Gasteiger partial charge in [0.25, 0.3) is 0 Å². The molecule has 0 radical (unpaired) electrons. The lowest BCUT2D eigenvalue weighted by Crippen LogP contribution is -2.19. The third-order valence-corrected chi connectivity index (χ3v) is 5.77. The smallest absolute Gasteiger partial charge is 0.312 e. The van der Waals surface area contributed by atoms with Crippen LogP contribution in [0.1, 0.15) is 12.5 Å². The highest BCUT2D eigenvalue weighted by Gasteiger charge is 2.32. The van der Waals surface area contributed by atoms with Crippen LogP contribution in [0.5, 0.6) is 0 Å². The molecule has 4 aromatic rings. The maximum atomic E-state index is 13.1. The lowest BCUT2D eigenvalue weighted by atomic mass is 10.2. The highest BCUT2D eigenvalue weighted by molar-refractivity contribution is 7.99. The van der Waals surface area contributed by atoms with E-state index in [4.69, 9.17) is 0 Å². The van der Waals surface area contributed by atoms with Gasteiger partial charge in [-0.2, -0.15) is 23.0 Å². The number of thioether (sulfide) groups is 1. The van der Waals surface area contributed by atoms with Crippen molar-refractivity contribution in [2.75, 3.05) is 5.75 Å². The summed E-state index contributed by atoms with van der Waals surface area (Å²) in [5.74, 6) is 1.13. The third kappa shape index (κ3) is 2.95. The van der Waals surface area contributed by atoms with Crippen LogP contribution < -0.4 is 5.69 Å². The van der Waals surface area contributed by atoms with Crippen molar-refractivity contribution >= 4 is 34.0 Å². The molecule has 0 fully saturated rings. The van der Waals surface area contributed by atoms with E-state index in [1.54, 1.807) is 30.8 Å². The summed E-state index contributed by atoms with van der Waals surface area (Å²) in [6, 6.07) is 4.43. The Kier molecular flexibility index (Phi) is 4.62. The topological polar surface area (TPSA) is 81.4 Å². The van der Waals surface area contributed by atoms with Gasteiger partial charge < -0.3 is 4.57 Å². The van der Waals surface area contributed by atoms with Crippen LogP contribution in [0, 0.1) is 11.5 Å². The molecule has 0 aliphatic rings. The Bertz CT molecular complexity index is 1410. The number of nitriles is 1. The minimum absolute atomic E-state index is 0.112. The summed E-state index contributed by atoms with van der Waals surface area (Å²) in [7, 11) is 3.24. The van der Waals surface area contributed by atoms with Gasteiger partial charge in [0.15, 0.2) is 11.8 Å². The monoisotopic (exact) mass is 432 g/mol. The normalized spacial score (nSPS) is 12.0. The molecule has 154 valence electrons. The van der Waals surface area contributed by atoms with Crippen molar-refractivity contribution in [2.24, 2.45) is 14.1 Å². The number of rotatable bonds is 3. The molecule has 3 heterocycles. The van der Waals surface area contributed by atoms with Crippen LogP contribution in [-0.4, -0.2) is 29.4 Å². The minimum Gasteiger partial charge on any atom is -0.312 e. The van der Waals surface area contributed by atoms with Crippen molar-refractivity contribution in [3.8, 4) is 17.6 Å². The SMILES string of the molecule is CCSc1cc2c(cc1-c1nc3cc(C(F)(F)F)cnc3n1C)n(C#N)c(=O)n2C. The molecule has 0 aliphatic heterocycles. The molecule has 0 N–H and O–H groups in total. The van der Waals surface area contributed by atoms with Gasteiger partial charge in [0.1, 0.15) is 11.3 Å². The van der Waals surface area contributed by atoms with Crippen molar-refractivity contribution in [3.63, 3.8) is 0 Å². The number of aromatic nitrogens is 5. The summed E-state index contributed by atoms with van der Waals surface area (Å²) >= 11 is 1.51. The Morgan fingerprint density at radius 2 is 1.90 bits per heavy atom. The van der Waals surface area contributed by atoms with Crippen LogP contribution in [0.25, 0.3) is 33.6 Å². The summed E-state index contributed by atoms with van der Waals surface area (Å²) in [6.45, 7) is 1.96. The molecular weight excluding hydrogens is 417 g/mol. The van der Waals surface area contributed by atoms with E-state index in [9.17, 15) is 23.2 Å².